The van der Waals surface area contributed by atoms with Gasteiger partial charge in [-0.25, -0.2) is 9.78 Å². The minimum Gasteiger partial charge on any atom is -0.478 e. The molecule has 0 aliphatic carbocycles. The molecule has 2 aromatic carbocycles. The number of aromatic carboxylic acids is 1. The maximum Gasteiger partial charge on any atom is 0.336 e. The number of rotatable bonds is 3. The summed E-state index contributed by atoms with van der Waals surface area (Å²) in [5.41, 5.74) is 8.25. The number of para-hydroxylation sites is 1. The zero-order valence-electron chi connectivity index (χ0n) is 14.0. The van der Waals surface area contributed by atoms with Gasteiger partial charge in [-0.15, -0.1) is 11.3 Å². The standard InChI is InChI=1S/C14H9NO2S.C7H9N/c16-14(17)10-8-12(13-6-3-7-18-13)15-11-5-2-1-4-9(10)11;8-6-7-4-2-1-3-5-7/h1-8H,(H,16,17);1-5H,6,8H2. The van der Waals surface area contributed by atoms with E-state index in [1.165, 1.54) is 5.56 Å². The Hall–Kier alpha value is -3.02. The van der Waals surface area contributed by atoms with Crippen molar-refractivity contribution in [2.45, 2.75) is 6.54 Å². The maximum atomic E-state index is 11.3. The van der Waals surface area contributed by atoms with Gasteiger partial charge in [-0.05, 0) is 29.1 Å². The van der Waals surface area contributed by atoms with Crippen LogP contribution in [0.3, 0.4) is 0 Å². The van der Waals surface area contributed by atoms with Gasteiger partial charge >= 0.3 is 5.97 Å². The van der Waals surface area contributed by atoms with Gasteiger partial charge in [0.1, 0.15) is 0 Å². The normalized spacial score (nSPS) is 10.2. The fourth-order valence-corrected chi connectivity index (χ4v) is 3.20. The topological polar surface area (TPSA) is 76.2 Å². The Labute approximate surface area is 155 Å². The molecule has 5 heteroatoms. The van der Waals surface area contributed by atoms with E-state index >= 15 is 0 Å². The maximum absolute atomic E-state index is 11.3. The summed E-state index contributed by atoms with van der Waals surface area (Å²) < 4.78 is 0. The highest BCUT2D eigenvalue weighted by atomic mass is 32.1. The molecule has 0 spiro atoms. The van der Waals surface area contributed by atoms with Gasteiger partial charge in [0.05, 0.1) is 21.7 Å². The minimum absolute atomic E-state index is 0.295. The third-order valence-corrected chi connectivity index (χ3v) is 4.69. The molecule has 0 radical (unpaired) electrons. The third-order valence-electron chi connectivity index (χ3n) is 3.80. The first kappa shape index (κ1) is 17.8. The van der Waals surface area contributed by atoms with Crippen LogP contribution in [0.15, 0.2) is 78.2 Å². The molecular formula is C21H18N2O2S. The summed E-state index contributed by atoms with van der Waals surface area (Å²) in [5.74, 6) is -0.925. The van der Waals surface area contributed by atoms with E-state index < -0.39 is 5.97 Å². The summed E-state index contributed by atoms with van der Waals surface area (Å²) >= 11 is 1.55. The Morgan fingerprint density at radius 2 is 1.73 bits per heavy atom. The van der Waals surface area contributed by atoms with Crippen molar-refractivity contribution < 1.29 is 9.90 Å². The molecule has 0 unspecified atom stereocenters. The molecule has 4 aromatic rings. The molecular weight excluding hydrogens is 344 g/mol. The molecule has 3 N–H and O–H groups in total. The van der Waals surface area contributed by atoms with Crippen LogP contribution in [-0.2, 0) is 6.54 Å². The Bertz CT molecular complexity index is 999. The highest BCUT2D eigenvalue weighted by molar-refractivity contribution is 7.13. The van der Waals surface area contributed by atoms with Gasteiger partial charge in [-0.3, -0.25) is 0 Å². The van der Waals surface area contributed by atoms with E-state index in [-0.39, 0.29) is 0 Å². The summed E-state index contributed by atoms with van der Waals surface area (Å²) in [4.78, 5) is 16.8. The van der Waals surface area contributed by atoms with Crippen molar-refractivity contribution >= 4 is 28.2 Å². The number of carbonyl (C=O) groups is 1. The van der Waals surface area contributed by atoms with Crippen LogP contribution >= 0.6 is 11.3 Å². The second-order valence-electron chi connectivity index (χ2n) is 5.54. The Balaban J connectivity index is 0.000000206. The van der Waals surface area contributed by atoms with Crippen molar-refractivity contribution in [3.05, 3.63) is 89.3 Å². The lowest BCUT2D eigenvalue weighted by Crippen LogP contribution is -1.99. The quantitative estimate of drug-likeness (QED) is 0.548. The lowest BCUT2D eigenvalue weighted by Gasteiger charge is -2.05. The number of aromatic nitrogens is 1. The van der Waals surface area contributed by atoms with Crippen molar-refractivity contribution in [1.82, 2.24) is 4.98 Å². The van der Waals surface area contributed by atoms with E-state index in [1.807, 2.05) is 66.0 Å². The summed E-state index contributed by atoms with van der Waals surface area (Å²) in [6.07, 6.45) is 0. The van der Waals surface area contributed by atoms with Crippen molar-refractivity contribution in [3.63, 3.8) is 0 Å². The van der Waals surface area contributed by atoms with Crippen LogP contribution in [0.1, 0.15) is 15.9 Å². The van der Waals surface area contributed by atoms with E-state index in [4.69, 9.17) is 5.73 Å². The van der Waals surface area contributed by atoms with Gasteiger partial charge in [0.2, 0.25) is 0 Å². The largest absolute Gasteiger partial charge is 0.478 e. The number of carboxylic acids is 1. The Morgan fingerprint density at radius 3 is 2.35 bits per heavy atom. The van der Waals surface area contributed by atoms with Crippen LogP contribution in [0.2, 0.25) is 0 Å². The number of nitrogens with zero attached hydrogens (tertiary/aromatic N) is 1. The van der Waals surface area contributed by atoms with E-state index in [2.05, 4.69) is 4.98 Å². The van der Waals surface area contributed by atoms with Crippen molar-refractivity contribution in [2.24, 2.45) is 5.73 Å². The predicted molar refractivity (Wildman–Crippen MR) is 106 cm³/mol. The van der Waals surface area contributed by atoms with Crippen molar-refractivity contribution in [2.75, 3.05) is 0 Å². The molecule has 0 saturated heterocycles. The average molecular weight is 362 g/mol. The summed E-state index contributed by atoms with van der Waals surface area (Å²) in [6, 6.07) is 22.8. The molecule has 0 bridgehead atoms. The van der Waals surface area contributed by atoms with Crippen molar-refractivity contribution in [3.8, 4) is 10.6 Å². The highest BCUT2D eigenvalue weighted by Gasteiger charge is 2.12. The fraction of sp³-hybridized carbons (Fsp3) is 0.0476. The van der Waals surface area contributed by atoms with Gasteiger partial charge in [0.25, 0.3) is 0 Å². The summed E-state index contributed by atoms with van der Waals surface area (Å²) in [7, 11) is 0. The van der Waals surface area contributed by atoms with Gasteiger partial charge in [-0.1, -0.05) is 54.6 Å². The van der Waals surface area contributed by atoms with Crippen LogP contribution in [0.4, 0.5) is 0 Å². The minimum atomic E-state index is -0.925. The average Bonchev–Trinajstić information content (AvgIpc) is 3.23. The fourth-order valence-electron chi connectivity index (χ4n) is 2.52. The van der Waals surface area contributed by atoms with Gasteiger partial charge in [0.15, 0.2) is 0 Å². The smallest absolute Gasteiger partial charge is 0.336 e. The lowest BCUT2D eigenvalue weighted by molar-refractivity contribution is 0.0699. The van der Waals surface area contributed by atoms with Gasteiger partial charge in [-0.2, -0.15) is 0 Å². The van der Waals surface area contributed by atoms with Crippen LogP contribution in [-0.4, -0.2) is 16.1 Å². The molecule has 0 aliphatic rings. The molecule has 0 fully saturated rings. The molecule has 0 saturated carbocycles. The van der Waals surface area contributed by atoms with Crippen LogP contribution in [0, 0.1) is 0 Å². The molecule has 130 valence electrons. The number of fused-ring (bicyclic) bond motifs is 1. The van der Waals surface area contributed by atoms with Crippen LogP contribution < -0.4 is 5.73 Å². The number of pyridine rings is 1. The zero-order chi connectivity index (χ0) is 18.4. The first-order valence-electron chi connectivity index (χ1n) is 8.10. The number of thiophene rings is 1. The van der Waals surface area contributed by atoms with Crippen LogP contribution in [0.5, 0.6) is 0 Å². The Morgan fingerprint density at radius 1 is 1.00 bits per heavy atom. The second-order valence-corrected chi connectivity index (χ2v) is 6.49. The molecule has 2 heterocycles. The molecule has 0 atom stereocenters. The van der Waals surface area contributed by atoms with E-state index in [0.717, 1.165) is 4.88 Å². The first-order chi connectivity index (χ1) is 12.7. The zero-order valence-corrected chi connectivity index (χ0v) is 14.8. The summed E-state index contributed by atoms with van der Waals surface area (Å²) in [5, 5.41) is 11.9. The molecule has 0 aliphatic heterocycles. The van der Waals surface area contributed by atoms with Gasteiger partial charge < -0.3 is 10.8 Å². The highest BCUT2D eigenvalue weighted by Crippen LogP contribution is 2.27. The number of carboxylic acid groups (broad SMARTS) is 1. The van der Waals surface area contributed by atoms with Gasteiger partial charge in [0, 0.05) is 11.9 Å². The number of hydrogen-bond acceptors (Lipinski definition) is 4. The Kier molecular flexibility index (Phi) is 5.73. The molecule has 26 heavy (non-hydrogen) atoms. The van der Waals surface area contributed by atoms with Crippen LogP contribution in [0.25, 0.3) is 21.5 Å². The number of hydrogen-bond donors (Lipinski definition) is 2. The first-order valence-corrected chi connectivity index (χ1v) is 8.98. The SMILES string of the molecule is NCc1ccccc1.O=C(O)c1cc(-c2cccs2)nc2ccccc12. The second kappa shape index (κ2) is 8.38. The molecule has 4 nitrogen and oxygen atoms in total. The van der Waals surface area contributed by atoms with E-state index in [9.17, 15) is 9.90 Å². The van der Waals surface area contributed by atoms with E-state index in [0.29, 0.717) is 28.7 Å². The number of benzene rings is 2. The number of nitrogens with two attached hydrogens (primary N) is 1. The molecule has 0 amide bonds. The lowest BCUT2D eigenvalue weighted by atomic mass is 10.1. The third kappa shape index (κ3) is 4.14. The monoisotopic (exact) mass is 362 g/mol. The molecule has 2 aromatic heterocycles. The van der Waals surface area contributed by atoms with E-state index in [1.54, 1.807) is 23.5 Å². The molecule has 4 rings (SSSR count). The summed E-state index contributed by atoms with van der Waals surface area (Å²) in [6.45, 7) is 0.640. The van der Waals surface area contributed by atoms with Crippen molar-refractivity contribution in [1.29, 1.82) is 0 Å². The predicted octanol–water partition coefficient (Wildman–Crippen LogP) is 4.81.